The first kappa shape index (κ1) is 13.5. The number of phenols is 1. The zero-order valence-corrected chi connectivity index (χ0v) is 10.7. The molecule has 1 aromatic rings. The van der Waals surface area contributed by atoms with E-state index in [-0.39, 0.29) is 36.7 Å². The van der Waals surface area contributed by atoms with Gasteiger partial charge in [-0.1, -0.05) is 13.8 Å². The minimum Gasteiger partial charge on any atom is -0.505 e. The van der Waals surface area contributed by atoms with E-state index in [2.05, 4.69) is 0 Å². The predicted molar refractivity (Wildman–Crippen MR) is 64.3 cm³/mol. The molecule has 0 spiro atoms. The molecule has 0 aromatic heterocycles. The molecule has 1 aromatic carbocycles. The molecule has 0 radical (unpaired) electrons. The molecule has 0 aliphatic carbocycles. The summed E-state index contributed by atoms with van der Waals surface area (Å²) in [7, 11) is 0. The first-order chi connectivity index (χ1) is 8.83. The molecule has 0 bridgehead atoms. The summed E-state index contributed by atoms with van der Waals surface area (Å²) in [6.07, 6.45) is -0.236. The highest BCUT2D eigenvalue weighted by Gasteiger charge is 2.32. The smallest absolute Gasteiger partial charge is 0.304 e. The van der Waals surface area contributed by atoms with Crippen LogP contribution in [0.15, 0.2) is 6.07 Å². The summed E-state index contributed by atoms with van der Waals surface area (Å²) in [6, 6.07) is 1.44. The number of carboxylic acid groups (broad SMARTS) is 1. The van der Waals surface area contributed by atoms with Crippen molar-refractivity contribution in [3.05, 3.63) is 17.4 Å². The van der Waals surface area contributed by atoms with Crippen LogP contribution < -0.4 is 9.47 Å². The van der Waals surface area contributed by atoms with Crippen LogP contribution in [0.2, 0.25) is 0 Å². The van der Waals surface area contributed by atoms with E-state index in [1.54, 1.807) is 13.8 Å². The van der Waals surface area contributed by atoms with Crippen molar-refractivity contribution < 1.29 is 28.9 Å². The molecule has 0 saturated carbocycles. The summed E-state index contributed by atoms with van der Waals surface area (Å²) < 4.78 is 24.4. The second kappa shape index (κ2) is 4.60. The fourth-order valence-corrected chi connectivity index (χ4v) is 2.13. The van der Waals surface area contributed by atoms with Crippen LogP contribution >= 0.6 is 0 Å². The fourth-order valence-electron chi connectivity index (χ4n) is 2.13. The Kier molecular flexibility index (Phi) is 3.26. The number of hydrogen-bond acceptors (Lipinski definition) is 4. The van der Waals surface area contributed by atoms with Crippen molar-refractivity contribution in [1.82, 2.24) is 0 Å². The van der Waals surface area contributed by atoms with Gasteiger partial charge in [-0.2, -0.15) is 4.39 Å². The maximum absolute atomic E-state index is 14.0. The molecule has 2 N–H and O–H groups in total. The first-order valence-electron chi connectivity index (χ1n) is 5.86. The van der Waals surface area contributed by atoms with Crippen LogP contribution in [0.25, 0.3) is 0 Å². The molecular weight excluding hydrogens is 255 g/mol. The zero-order chi connectivity index (χ0) is 14.2. The van der Waals surface area contributed by atoms with Crippen molar-refractivity contribution in [1.29, 1.82) is 0 Å². The van der Waals surface area contributed by atoms with Gasteiger partial charge < -0.3 is 19.7 Å². The van der Waals surface area contributed by atoms with Gasteiger partial charge >= 0.3 is 5.97 Å². The van der Waals surface area contributed by atoms with Crippen molar-refractivity contribution in [3.8, 4) is 17.2 Å². The van der Waals surface area contributed by atoms with Crippen LogP contribution in [0.5, 0.6) is 17.2 Å². The summed E-state index contributed by atoms with van der Waals surface area (Å²) in [4.78, 5) is 10.8. The monoisotopic (exact) mass is 270 g/mol. The van der Waals surface area contributed by atoms with Gasteiger partial charge in [-0.15, -0.1) is 0 Å². The van der Waals surface area contributed by atoms with E-state index in [0.717, 1.165) is 0 Å². The van der Waals surface area contributed by atoms with Crippen LogP contribution in [0.3, 0.4) is 0 Å². The number of phenolic OH excluding ortho intramolecular Hbond substituents is 1. The van der Waals surface area contributed by atoms with Gasteiger partial charge in [0.25, 0.3) is 0 Å². The van der Waals surface area contributed by atoms with E-state index in [1.165, 1.54) is 6.07 Å². The molecule has 6 heteroatoms. The number of fused-ring (bicyclic) bond motifs is 1. The summed E-state index contributed by atoms with van der Waals surface area (Å²) in [5.74, 6) is -2.46. The van der Waals surface area contributed by atoms with Gasteiger partial charge in [0.15, 0.2) is 11.5 Å². The highest BCUT2D eigenvalue weighted by Crippen LogP contribution is 2.45. The number of hydrogen-bond donors (Lipinski definition) is 2. The summed E-state index contributed by atoms with van der Waals surface area (Å²) in [5, 5.41) is 18.8. The highest BCUT2D eigenvalue weighted by molar-refractivity contribution is 5.69. The topological polar surface area (TPSA) is 76.0 Å². The van der Waals surface area contributed by atoms with Crippen molar-refractivity contribution in [2.45, 2.75) is 25.7 Å². The molecule has 1 aliphatic heterocycles. The number of benzene rings is 1. The van der Waals surface area contributed by atoms with Crippen molar-refractivity contribution in [2.75, 3.05) is 13.2 Å². The van der Waals surface area contributed by atoms with Crippen molar-refractivity contribution in [2.24, 2.45) is 0 Å². The van der Waals surface area contributed by atoms with Gasteiger partial charge in [0.1, 0.15) is 13.2 Å². The molecule has 0 unspecified atom stereocenters. The average Bonchev–Trinajstić information content (AvgIpc) is 2.32. The van der Waals surface area contributed by atoms with E-state index < -0.39 is 23.0 Å². The first-order valence-corrected chi connectivity index (χ1v) is 5.86. The molecule has 1 aliphatic rings. The molecule has 2 rings (SSSR count). The molecule has 1 heterocycles. The number of aliphatic carboxylic acids is 1. The average molecular weight is 270 g/mol. The van der Waals surface area contributed by atoms with Gasteiger partial charge in [0.2, 0.25) is 11.6 Å². The Labute approximate surface area is 109 Å². The quantitative estimate of drug-likeness (QED) is 0.879. The molecular formula is C13H15FO5. The van der Waals surface area contributed by atoms with E-state index >= 15 is 0 Å². The molecule has 104 valence electrons. The lowest BCUT2D eigenvalue weighted by Gasteiger charge is -2.27. The molecule has 0 fully saturated rings. The maximum atomic E-state index is 14.0. The van der Waals surface area contributed by atoms with Crippen LogP contribution in [0, 0.1) is 5.82 Å². The molecule has 5 nitrogen and oxygen atoms in total. The van der Waals surface area contributed by atoms with Crippen LogP contribution in [-0.2, 0) is 10.2 Å². The van der Waals surface area contributed by atoms with E-state index in [0.29, 0.717) is 0 Å². The third-order valence-corrected chi connectivity index (χ3v) is 3.07. The standard InChI is InChI=1S/C13H15FO5/c1-13(2,6-9(15)16)7-5-8-12(10(14)11(7)17)19-4-3-18-8/h5,17H,3-4,6H2,1-2H3,(H,15,16). The zero-order valence-electron chi connectivity index (χ0n) is 10.7. The van der Waals surface area contributed by atoms with E-state index in [9.17, 15) is 14.3 Å². The lowest BCUT2D eigenvalue weighted by molar-refractivity contribution is -0.138. The van der Waals surface area contributed by atoms with E-state index in [4.69, 9.17) is 14.6 Å². The second-order valence-corrected chi connectivity index (χ2v) is 5.07. The predicted octanol–water partition coefficient (Wildman–Crippen LogP) is 2.05. The Hall–Kier alpha value is -1.98. The lowest BCUT2D eigenvalue weighted by Crippen LogP contribution is -2.23. The number of rotatable bonds is 3. The van der Waals surface area contributed by atoms with Crippen LogP contribution in [0.1, 0.15) is 25.8 Å². The Bertz CT molecular complexity index is 524. The Morgan fingerprint density at radius 3 is 2.68 bits per heavy atom. The minimum absolute atomic E-state index is 0.126. The third kappa shape index (κ3) is 2.43. The third-order valence-electron chi connectivity index (χ3n) is 3.07. The van der Waals surface area contributed by atoms with Gasteiger partial charge in [0, 0.05) is 11.0 Å². The molecule has 19 heavy (non-hydrogen) atoms. The lowest BCUT2D eigenvalue weighted by atomic mass is 9.80. The number of halogens is 1. The largest absolute Gasteiger partial charge is 0.505 e. The van der Waals surface area contributed by atoms with Crippen molar-refractivity contribution in [3.63, 3.8) is 0 Å². The van der Waals surface area contributed by atoms with Crippen LogP contribution in [-0.4, -0.2) is 29.4 Å². The Balaban J connectivity index is 2.52. The number of carboxylic acids is 1. The Morgan fingerprint density at radius 1 is 1.42 bits per heavy atom. The summed E-state index contributed by atoms with van der Waals surface area (Å²) in [6.45, 7) is 3.73. The number of carbonyl (C=O) groups is 1. The highest BCUT2D eigenvalue weighted by atomic mass is 19.1. The van der Waals surface area contributed by atoms with Gasteiger partial charge in [-0.05, 0) is 6.07 Å². The molecule has 0 saturated heterocycles. The Morgan fingerprint density at radius 2 is 2.05 bits per heavy atom. The minimum atomic E-state index is -1.03. The van der Waals surface area contributed by atoms with Gasteiger partial charge in [-0.3, -0.25) is 4.79 Å². The molecule has 0 amide bonds. The van der Waals surface area contributed by atoms with E-state index in [1.807, 2.05) is 0 Å². The number of aromatic hydroxyl groups is 1. The summed E-state index contributed by atoms with van der Waals surface area (Å²) in [5.41, 5.74) is -0.733. The normalized spacial score (nSPS) is 14.3. The summed E-state index contributed by atoms with van der Waals surface area (Å²) >= 11 is 0. The fraction of sp³-hybridized carbons (Fsp3) is 0.462. The van der Waals surface area contributed by atoms with Gasteiger partial charge in [0.05, 0.1) is 6.42 Å². The van der Waals surface area contributed by atoms with Crippen LogP contribution in [0.4, 0.5) is 4.39 Å². The SMILES string of the molecule is CC(C)(CC(=O)O)c1cc2c(c(F)c1O)OCCO2. The maximum Gasteiger partial charge on any atom is 0.304 e. The second-order valence-electron chi connectivity index (χ2n) is 5.07. The number of ether oxygens (including phenoxy) is 2. The van der Waals surface area contributed by atoms with Crippen molar-refractivity contribution >= 4 is 5.97 Å². The van der Waals surface area contributed by atoms with Gasteiger partial charge in [-0.25, -0.2) is 0 Å². The molecule has 0 atom stereocenters.